The number of nitrogens with zero attached hydrogens (tertiary/aromatic N) is 5. The largest absolute Gasteiger partial charge is 0.348 e. The van der Waals surface area contributed by atoms with Gasteiger partial charge in [-0.15, -0.1) is 0 Å². The predicted octanol–water partition coefficient (Wildman–Crippen LogP) is 2.73. The second-order valence-electron chi connectivity index (χ2n) is 7.08. The second kappa shape index (κ2) is 6.90. The monoisotopic (exact) mass is 352 g/mol. The van der Waals surface area contributed by atoms with Crippen LogP contribution in [0.25, 0.3) is 11.0 Å². The predicted molar refractivity (Wildman–Crippen MR) is 98.9 cm³/mol. The van der Waals surface area contributed by atoms with E-state index in [1.165, 1.54) is 0 Å². The lowest BCUT2D eigenvalue weighted by Crippen LogP contribution is -2.36. The van der Waals surface area contributed by atoms with Crippen LogP contribution in [0.2, 0.25) is 0 Å². The molecule has 1 amide bonds. The van der Waals surface area contributed by atoms with Crippen molar-refractivity contribution in [2.75, 3.05) is 0 Å². The van der Waals surface area contributed by atoms with E-state index in [9.17, 15) is 4.79 Å². The van der Waals surface area contributed by atoms with Gasteiger partial charge in [-0.25, -0.2) is 9.67 Å². The van der Waals surface area contributed by atoms with Gasteiger partial charge >= 0.3 is 0 Å². The SMILES string of the molecule is CCCn1ncc2c(C(=O)NC(C)Cn3cccn3)cc(C3CC3)nc21. The molecule has 4 rings (SSSR count). The number of pyridine rings is 1. The van der Waals surface area contributed by atoms with Gasteiger partial charge in [-0.3, -0.25) is 9.48 Å². The highest BCUT2D eigenvalue weighted by atomic mass is 16.1. The molecule has 0 bridgehead atoms. The number of aryl methyl sites for hydroxylation is 1. The number of nitrogens with one attached hydrogen (secondary N) is 1. The second-order valence-corrected chi connectivity index (χ2v) is 7.08. The van der Waals surface area contributed by atoms with Gasteiger partial charge in [0.15, 0.2) is 5.65 Å². The lowest BCUT2D eigenvalue weighted by molar-refractivity contribution is 0.0937. The molecule has 0 spiro atoms. The third-order valence-corrected chi connectivity index (χ3v) is 4.70. The molecule has 1 unspecified atom stereocenters. The zero-order chi connectivity index (χ0) is 18.1. The molecule has 1 saturated carbocycles. The van der Waals surface area contributed by atoms with E-state index in [1.807, 2.05) is 34.6 Å². The van der Waals surface area contributed by atoms with Gasteiger partial charge in [0.05, 0.1) is 23.7 Å². The van der Waals surface area contributed by atoms with Gasteiger partial charge in [-0.05, 0) is 38.3 Å². The molecule has 1 aliphatic carbocycles. The smallest absolute Gasteiger partial charge is 0.252 e. The average molecular weight is 352 g/mol. The lowest BCUT2D eigenvalue weighted by atomic mass is 10.1. The molecule has 0 radical (unpaired) electrons. The van der Waals surface area contributed by atoms with Gasteiger partial charge in [0.25, 0.3) is 5.91 Å². The Morgan fingerprint density at radius 1 is 1.38 bits per heavy atom. The van der Waals surface area contributed by atoms with Crippen LogP contribution in [0.3, 0.4) is 0 Å². The first-order valence-corrected chi connectivity index (χ1v) is 9.30. The number of carbonyl (C=O) groups is 1. The van der Waals surface area contributed by atoms with Crippen molar-refractivity contribution in [1.29, 1.82) is 0 Å². The summed E-state index contributed by atoms with van der Waals surface area (Å²) in [6.07, 6.45) is 8.68. The van der Waals surface area contributed by atoms with Crippen LogP contribution in [0.15, 0.2) is 30.7 Å². The van der Waals surface area contributed by atoms with E-state index < -0.39 is 0 Å². The van der Waals surface area contributed by atoms with Crippen molar-refractivity contribution >= 4 is 16.9 Å². The zero-order valence-corrected chi connectivity index (χ0v) is 15.2. The van der Waals surface area contributed by atoms with Gasteiger partial charge < -0.3 is 5.32 Å². The van der Waals surface area contributed by atoms with Gasteiger partial charge in [-0.1, -0.05) is 6.92 Å². The summed E-state index contributed by atoms with van der Waals surface area (Å²) in [6.45, 7) is 5.54. The summed E-state index contributed by atoms with van der Waals surface area (Å²) >= 11 is 0. The molecule has 7 heteroatoms. The maximum absolute atomic E-state index is 13.0. The molecule has 136 valence electrons. The highest BCUT2D eigenvalue weighted by Crippen LogP contribution is 2.40. The first-order valence-electron chi connectivity index (χ1n) is 9.30. The fourth-order valence-electron chi connectivity index (χ4n) is 3.25. The minimum absolute atomic E-state index is 0.0272. The van der Waals surface area contributed by atoms with Crippen molar-refractivity contribution in [3.8, 4) is 0 Å². The van der Waals surface area contributed by atoms with Crippen molar-refractivity contribution in [3.05, 3.63) is 42.0 Å². The normalized spacial score (nSPS) is 15.3. The summed E-state index contributed by atoms with van der Waals surface area (Å²) in [7, 11) is 0. The zero-order valence-electron chi connectivity index (χ0n) is 15.2. The van der Waals surface area contributed by atoms with Crippen LogP contribution in [0.1, 0.15) is 55.1 Å². The molecule has 3 heterocycles. The fourth-order valence-corrected chi connectivity index (χ4v) is 3.25. The van der Waals surface area contributed by atoms with E-state index >= 15 is 0 Å². The van der Waals surface area contributed by atoms with E-state index in [0.29, 0.717) is 18.0 Å². The molecule has 0 aromatic carbocycles. The van der Waals surface area contributed by atoms with Crippen LogP contribution in [-0.4, -0.2) is 36.5 Å². The summed E-state index contributed by atoms with van der Waals surface area (Å²) in [5.41, 5.74) is 2.51. The van der Waals surface area contributed by atoms with Crippen molar-refractivity contribution in [2.24, 2.45) is 0 Å². The van der Waals surface area contributed by atoms with Crippen molar-refractivity contribution < 1.29 is 4.79 Å². The van der Waals surface area contributed by atoms with Crippen LogP contribution >= 0.6 is 0 Å². The van der Waals surface area contributed by atoms with E-state index in [0.717, 1.165) is 42.5 Å². The molecule has 0 aliphatic heterocycles. The van der Waals surface area contributed by atoms with Crippen LogP contribution in [0.4, 0.5) is 0 Å². The topological polar surface area (TPSA) is 77.6 Å². The van der Waals surface area contributed by atoms with Gasteiger partial charge in [-0.2, -0.15) is 10.2 Å². The maximum Gasteiger partial charge on any atom is 0.252 e. The molecular formula is C19H24N6O. The third-order valence-electron chi connectivity index (χ3n) is 4.70. The molecule has 7 nitrogen and oxygen atoms in total. The fraction of sp³-hybridized carbons (Fsp3) is 0.474. The van der Waals surface area contributed by atoms with Crippen molar-refractivity contribution in [1.82, 2.24) is 29.9 Å². The van der Waals surface area contributed by atoms with Crippen LogP contribution in [0.5, 0.6) is 0 Å². The Labute approximate surface area is 152 Å². The quantitative estimate of drug-likeness (QED) is 0.709. The highest BCUT2D eigenvalue weighted by Gasteiger charge is 2.28. The summed E-state index contributed by atoms with van der Waals surface area (Å²) in [5.74, 6) is 0.410. The van der Waals surface area contributed by atoms with Gasteiger partial charge in [0, 0.05) is 36.6 Å². The number of aromatic nitrogens is 5. The van der Waals surface area contributed by atoms with E-state index in [2.05, 4.69) is 22.4 Å². The lowest BCUT2D eigenvalue weighted by Gasteiger charge is -2.15. The first-order chi connectivity index (χ1) is 12.7. The minimum Gasteiger partial charge on any atom is -0.348 e. The molecule has 26 heavy (non-hydrogen) atoms. The summed E-state index contributed by atoms with van der Waals surface area (Å²) < 4.78 is 3.73. The van der Waals surface area contributed by atoms with E-state index in [1.54, 1.807) is 12.4 Å². The van der Waals surface area contributed by atoms with Crippen LogP contribution in [0, 0.1) is 0 Å². The average Bonchev–Trinajstić information content (AvgIpc) is 3.21. The van der Waals surface area contributed by atoms with E-state index in [-0.39, 0.29) is 11.9 Å². The molecule has 1 aliphatic rings. The van der Waals surface area contributed by atoms with Gasteiger partial charge in [0.1, 0.15) is 0 Å². The minimum atomic E-state index is -0.0741. The number of carbonyl (C=O) groups excluding carboxylic acids is 1. The molecule has 1 atom stereocenters. The molecule has 1 fully saturated rings. The number of hydrogen-bond acceptors (Lipinski definition) is 4. The van der Waals surface area contributed by atoms with E-state index in [4.69, 9.17) is 4.98 Å². The molecule has 3 aromatic heterocycles. The first kappa shape index (κ1) is 16.8. The Morgan fingerprint density at radius 3 is 2.92 bits per heavy atom. The third kappa shape index (κ3) is 3.34. The van der Waals surface area contributed by atoms with Crippen LogP contribution < -0.4 is 5.32 Å². The maximum atomic E-state index is 13.0. The number of amides is 1. The summed E-state index contributed by atoms with van der Waals surface area (Å²) in [6, 6.07) is 3.81. The number of fused-ring (bicyclic) bond motifs is 1. The molecule has 0 saturated heterocycles. The molecule has 1 N–H and O–H groups in total. The number of rotatable bonds is 7. The summed E-state index contributed by atoms with van der Waals surface area (Å²) in [5, 5.41) is 12.6. The summed E-state index contributed by atoms with van der Waals surface area (Å²) in [4.78, 5) is 17.8. The Bertz CT molecular complexity index is 910. The van der Waals surface area contributed by atoms with Crippen molar-refractivity contribution in [3.63, 3.8) is 0 Å². The highest BCUT2D eigenvalue weighted by molar-refractivity contribution is 6.05. The molecular weight excluding hydrogens is 328 g/mol. The van der Waals surface area contributed by atoms with Gasteiger partial charge in [0.2, 0.25) is 0 Å². The molecule has 3 aromatic rings. The Hall–Kier alpha value is -2.70. The Morgan fingerprint density at radius 2 is 2.23 bits per heavy atom. The Kier molecular flexibility index (Phi) is 4.44. The standard InChI is InChI=1S/C19H24N6O/c1-3-8-25-18-16(11-21-25)15(10-17(23-18)14-5-6-14)19(26)22-13(2)12-24-9-4-7-20-24/h4,7,9-11,13-14H,3,5-6,8,12H2,1-2H3,(H,22,26). The van der Waals surface area contributed by atoms with Crippen LogP contribution in [-0.2, 0) is 13.1 Å². The number of hydrogen-bond donors (Lipinski definition) is 1. The Balaban J connectivity index is 1.62. The van der Waals surface area contributed by atoms with Crippen molar-refractivity contribution in [2.45, 2.75) is 58.2 Å².